The van der Waals surface area contributed by atoms with Crippen molar-refractivity contribution in [2.45, 2.75) is 46.0 Å². The van der Waals surface area contributed by atoms with E-state index >= 15 is 0 Å². The summed E-state index contributed by atoms with van der Waals surface area (Å²) in [5.41, 5.74) is 2.48. The van der Waals surface area contributed by atoms with Crippen molar-refractivity contribution in [3.63, 3.8) is 0 Å². The highest BCUT2D eigenvalue weighted by Gasteiger charge is 2.30. The number of carbonyl (C=O) groups excluding carboxylic acids is 2. The number of amides is 1. The molecular formula is C20H25N3O3. The van der Waals surface area contributed by atoms with Crippen molar-refractivity contribution in [1.29, 1.82) is 0 Å². The number of fused-ring (bicyclic) bond motifs is 1. The van der Waals surface area contributed by atoms with Crippen molar-refractivity contribution in [2.75, 3.05) is 11.9 Å². The van der Waals surface area contributed by atoms with Crippen LogP contribution < -0.4 is 10.6 Å². The molecule has 6 nitrogen and oxygen atoms in total. The summed E-state index contributed by atoms with van der Waals surface area (Å²) >= 11 is 0. The Balaban J connectivity index is 2.02. The minimum atomic E-state index is -0.477. The van der Waals surface area contributed by atoms with Crippen LogP contribution in [-0.4, -0.2) is 24.3 Å². The minimum Gasteiger partial charge on any atom is -0.462 e. The lowest BCUT2D eigenvalue weighted by atomic mass is 10.1. The van der Waals surface area contributed by atoms with Gasteiger partial charge >= 0.3 is 5.97 Å². The molecule has 3 rings (SSSR count). The summed E-state index contributed by atoms with van der Waals surface area (Å²) in [4.78, 5) is 29.9. The molecule has 0 spiro atoms. The average Bonchev–Trinajstić information content (AvgIpc) is 3.12. The fraction of sp³-hybridized carbons (Fsp3) is 0.450. The third kappa shape index (κ3) is 3.79. The Kier molecular flexibility index (Phi) is 5.71. The maximum atomic E-state index is 12.7. The topological polar surface area (TPSA) is 79.8 Å². The summed E-state index contributed by atoms with van der Waals surface area (Å²) in [5.74, 6) is -0.291. The summed E-state index contributed by atoms with van der Waals surface area (Å²) < 4.78 is 5.24. The van der Waals surface area contributed by atoms with Gasteiger partial charge in [-0.3, -0.25) is 4.79 Å². The summed E-state index contributed by atoms with van der Waals surface area (Å²) in [6.07, 6.45) is 4.48. The van der Waals surface area contributed by atoms with Gasteiger partial charge in [0.2, 0.25) is 5.91 Å². The smallest absolute Gasteiger partial charge is 0.343 e. The lowest BCUT2D eigenvalue weighted by molar-refractivity contribution is -0.137. The van der Waals surface area contributed by atoms with Crippen LogP contribution in [0.4, 0.5) is 11.4 Å². The van der Waals surface area contributed by atoms with Crippen LogP contribution in [0, 0.1) is 5.92 Å². The predicted octanol–water partition coefficient (Wildman–Crippen LogP) is 3.68. The second kappa shape index (κ2) is 8.17. The molecule has 138 valence electrons. The normalized spacial score (nSPS) is 17.1. The highest BCUT2D eigenvalue weighted by molar-refractivity contribution is 6.24. The van der Waals surface area contributed by atoms with Crippen molar-refractivity contribution in [3.05, 3.63) is 35.5 Å². The van der Waals surface area contributed by atoms with Gasteiger partial charge in [0.1, 0.15) is 11.4 Å². The number of nitrogens with zero attached hydrogens (tertiary/aromatic N) is 1. The summed E-state index contributed by atoms with van der Waals surface area (Å²) in [6.45, 7) is 3.97. The molecule has 1 saturated carbocycles. The van der Waals surface area contributed by atoms with E-state index in [1.807, 2.05) is 31.2 Å². The van der Waals surface area contributed by atoms with Crippen molar-refractivity contribution < 1.29 is 14.3 Å². The largest absolute Gasteiger partial charge is 0.462 e. The number of anilines is 1. The molecule has 0 aromatic heterocycles. The number of para-hydroxylation sites is 2. The van der Waals surface area contributed by atoms with Crippen LogP contribution >= 0.6 is 0 Å². The number of aliphatic imine (C=N–C) groups is 1. The number of rotatable bonds is 4. The van der Waals surface area contributed by atoms with E-state index < -0.39 is 5.97 Å². The number of hydrogen-bond donors (Lipinski definition) is 2. The standard InChI is InChI=1S/C20H25N3O3/c1-3-14-17(20(25)26-4-2)18(23-19(24)13-9-5-6-10-13)22-16-12-8-7-11-15(16)21-14/h7-8,11-13,21H,3-6,9-10H2,1-2H3,(H,22,23,24). The second-order valence-electron chi connectivity index (χ2n) is 6.50. The fourth-order valence-corrected chi connectivity index (χ4v) is 3.41. The molecule has 1 aliphatic heterocycles. The van der Waals surface area contributed by atoms with E-state index in [4.69, 9.17) is 4.74 Å². The van der Waals surface area contributed by atoms with E-state index in [1.54, 1.807) is 6.92 Å². The number of benzene rings is 1. The zero-order chi connectivity index (χ0) is 18.5. The van der Waals surface area contributed by atoms with Gasteiger partial charge in [-0.05, 0) is 38.3 Å². The molecule has 2 N–H and O–H groups in total. The Morgan fingerprint density at radius 2 is 1.96 bits per heavy atom. The minimum absolute atomic E-state index is 0.0160. The fourth-order valence-electron chi connectivity index (χ4n) is 3.41. The molecule has 0 atom stereocenters. The first kappa shape index (κ1) is 18.2. The van der Waals surface area contributed by atoms with Gasteiger partial charge in [0, 0.05) is 11.6 Å². The Labute approximate surface area is 153 Å². The van der Waals surface area contributed by atoms with Crippen LogP contribution in [0.3, 0.4) is 0 Å². The molecular weight excluding hydrogens is 330 g/mol. The Morgan fingerprint density at radius 3 is 2.65 bits per heavy atom. The van der Waals surface area contributed by atoms with Gasteiger partial charge in [0.25, 0.3) is 0 Å². The molecule has 1 fully saturated rings. The zero-order valence-corrected chi connectivity index (χ0v) is 15.3. The van der Waals surface area contributed by atoms with Crippen LogP contribution in [0.2, 0.25) is 0 Å². The zero-order valence-electron chi connectivity index (χ0n) is 15.3. The number of amidine groups is 1. The quantitative estimate of drug-likeness (QED) is 0.808. The monoisotopic (exact) mass is 355 g/mol. The second-order valence-corrected chi connectivity index (χ2v) is 6.50. The molecule has 2 aliphatic rings. The van der Waals surface area contributed by atoms with Gasteiger partial charge in [0.05, 0.1) is 18.0 Å². The highest BCUT2D eigenvalue weighted by Crippen LogP contribution is 2.31. The third-order valence-corrected chi connectivity index (χ3v) is 4.76. The van der Waals surface area contributed by atoms with Crippen LogP contribution in [-0.2, 0) is 14.3 Å². The molecule has 0 saturated heterocycles. The predicted molar refractivity (Wildman–Crippen MR) is 101 cm³/mol. The summed E-state index contributed by atoms with van der Waals surface area (Å²) in [5, 5.41) is 6.19. The number of nitrogens with one attached hydrogen (secondary N) is 2. The number of esters is 1. The summed E-state index contributed by atoms with van der Waals surface area (Å²) in [6, 6.07) is 7.53. The SMILES string of the molecule is CCOC(=O)C1=C(CC)Nc2ccccc2N=C1NC(=O)C1CCCC1. The Hall–Kier alpha value is -2.63. The van der Waals surface area contributed by atoms with Gasteiger partial charge in [-0.15, -0.1) is 0 Å². The number of hydrogen-bond acceptors (Lipinski definition) is 5. The van der Waals surface area contributed by atoms with Crippen molar-refractivity contribution in [3.8, 4) is 0 Å². The first-order valence-electron chi connectivity index (χ1n) is 9.30. The molecule has 6 heteroatoms. The van der Waals surface area contributed by atoms with Gasteiger partial charge in [0.15, 0.2) is 0 Å². The maximum absolute atomic E-state index is 12.7. The van der Waals surface area contributed by atoms with Gasteiger partial charge < -0.3 is 15.4 Å². The molecule has 1 amide bonds. The molecule has 26 heavy (non-hydrogen) atoms. The van der Waals surface area contributed by atoms with E-state index in [1.165, 1.54) is 0 Å². The summed E-state index contributed by atoms with van der Waals surface area (Å²) in [7, 11) is 0. The molecule has 0 unspecified atom stereocenters. The first-order chi connectivity index (χ1) is 12.6. The number of ether oxygens (including phenoxy) is 1. The van der Waals surface area contributed by atoms with E-state index in [2.05, 4.69) is 15.6 Å². The van der Waals surface area contributed by atoms with Gasteiger partial charge in [-0.25, -0.2) is 9.79 Å². The molecule has 0 bridgehead atoms. The molecule has 1 aromatic rings. The lowest BCUT2D eigenvalue weighted by Crippen LogP contribution is -2.38. The molecule has 0 radical (unpaired) electrons. The molecule has 1 heterocycles. The Bertz CT molecular complexity index is 761. The third-order valence-electron chi connectivity index (χ3n) is 4.76. The van der Waals surface area contributed by atoms with Crippen molar-refractivity contribution >= 4 is 29.1 Å². The average molecular weight is 355 g/mol. The van der Waals surface area contributed by atoms with Crippen molar-refractivity contribution in [1.82, 2.24) is 5.32 Å². The highest BCUT2D eigenvalue weighted by atomic mass is 16.5. The number of carbonyl (C=O) groups is 2. The van der Waals surface area contributed by atoms with Crippen LogP contribution in [0.1, 0.15) is 46.0 Å². The van der Waals surface area contributed by atoms with Crippen LogP contribution in [0.5, 0.6) is 0 Å². The molecule has 1 aromatic carbocycles. The van der Waals surface area contributed by atoms with Crippen LogP contribution in [0.25, 0.3) is 0 Å². The maximum Gasteiger partial charge on any atom is 0.343 e. The van der Waals surface area contributed by atoms with Gasteiger partial charge in [-0.1, -0.05) is 31.9 Å². The van der Waals surface area contributed by atoms with Crippen LogP contribution in [0.15, 0.2) is 40.5 Å². The lowest BCUT2D eigenvalue weighted by Gasteiger charge is -2.16. The first-order valence-corrected chi connectivity index (χ1v) is 9.30. The molecule has 1 aliphatic carbocycles. The van der Waals surface area contributed by atoms with E-state index in [9.17, 15) is 9.59 Å². The van der Waals surface area contributed by atoms with Crippen molar-refractivity contribution in [2.24, 2.45) is 10.9 Å². The van der Waals surface area contributed by atoms with E-state index in [0.29, 0.717) is 23.4 Å². The van der Waals surface area contributed by atoms with E-state index in [0.717, 1.165) is 31.4 Å². The van der Waals surface area contributed by atoms with E-state index in [-0.39, 0.29) is 24.3 Å². The Morgan fingerprint density at radius 1 is 1.23 bits per heavy atom. The number of allylic oxidation sites excluding steroid dienone is 1. The van der Waals surface area contributed by atoms with Gasteiger partial charge in [-0.2, -0.15) is 0 Å².